The molecule has 1 atom stereocenters. The third-order valence-corrected chi connectivity index (χ3v) is 4.85. The Morgan fingerprint density at radius 1 is 0.895 bits per heavy atom. The van der Waals surface area contributed by atoms with E-state index in [1.54, 1.807) is 0 Å². The third-order valence-electron chi connectivity index (χ3n) is 4.48. The van der Waals surface area contributed by atoms with Gasteiger partial charge in [0.05, 0.1) is 0 Å². The van der Waals surface area contributed by atoms with Gasteiger partial charge in [0.15, 0.2) is 0 Å². The zero-order valence-corrected chi connectivity index (χ0v) is 12.0. The fourth-order valence-corrected chi connectivity index (χ4v) is 3.74. The van der Waals surface area contributed by atoms with Crippen molar-refractivity contribution in [2.45, 2.75) is 75.8 Å². The van der Waals surface area contributed by atoms with Crippen LogP contribution in [-0.4, -0.2) is 11.6 Å². The van der Waals surface area contributed by atoms with Crippen molar-refractivity contribution >= 4 is 11.6 Å². The molecule has 0 aromatic carbocycles. The van der Waals surface area contributed by atoms with Crippen molar-refractivity contribution in [1.82, 2.24) is 0 Å². The van der Waals surface area contributed by atoms with E-state index in [1.165, 1.54) is 6.42 Å². The summed E-state index contributed by atoms with van der Waals surface area (Å²) in [4.78, 5) is 0. The molecule has 1 fully saturated rings. The molecular weight excluding hydrogens is 273 g/mol. The summed E-state index contributed by atoms with van der Waals surface area (Å²) in [7, 11) is 0. The van der Waals surface area contributed by atoms with Gasteiger partial charge < -0.3 is 0 Å². The Morgan fingerprint density at radius 2 is 1.47 bits per heavy atom. The van der Waals surface area contributed by atoms with E-state index in [0.717, 1.165) is 38.5 Å². The molecule has 0 N–H and O–H groups in total. The average Bonchev–Trinajstić information content (AvgIpc) is 2.26. The van der Waals surface area contributed by atoms with E-state index < -0.39 is 6.18 Å². The van der Waals surface area contributed by atoms with E-state index in [2.05, 4.69) is 0 Å². The second-order valence-corrected chi connectivity index (χ2v) is 6.50. The van der Waals surface area contributed by atoms with Gasteiger partial charge in [0, 0.05) is 11.0 Å². The number of hydrogen-bond acceptors (Lipinski definition) is 0. The summed E-state index contributed by atoms with van der Waals surface area (Å²) in [5, 5.41) is -0.105. The number of rotatable bonds is 1. The first-order valence-corrected chi connectivity index (χ1v) is 7.85. The topological polar surface area (TPSA) is 0 Å². The van der Waals surface area contributed by atoms with Crippen LogP contribution in [0.25, 0.3) is 0 Å². The highest BCUT2D eigenvalue weighted by molar-refractivity contribution is 6.20. The van der Waals surface area contributed by atoms with Crippen molar-refractivity contribution in [2.24, 2.45) is 5.92 Å². The molecule has 2 aliphatic carbocycles. The third kappa shape index (κ3) is 4.14. The van der Waals surface area contributed by atoms with Gasteiger partial charge in [-0.15, -0.1) is 11.6 Å². The molecule has 0 saturated heterocycles. The summed E-state index contributed by atoms with van der Waals surface area (Å²) < 4.78 is 39.5. The summed E-state index contributed by atoms with van der Waals surface area (Å²) in [6.45, 7) is 0. The van der Waals surface area contributed by atoms with Crippen LogP contribution < -0.4 is 0 Å². The molecule has 1 unspecified atom stereocenters. The first kappa shape index (κ1) is 15.2. The molecule has 2 aliphatic rings. The molecule has 0 aromatic rings. The Morgan fingerprint density at radius 3 is 2.05 bits per heavy atom. The van der Waals surface area contributed by atoms with Gasteiger partial charge >= 0.3 is 6.18 Å². The van der Waals surface area contributed by atoms with Gasteiger partial charge in [0.25, 0.3) is 0 Å². The Bertz CT molecular complexity index is 325. The number of alkyl halides is 4. The minimum Gasteiger partial charge on any atom is -0.166 e. The first-order valence-electron chi connectivity index (χ1n) is 7.41. The molecule has 0 radical (unpaired) electrons. The lowest BCUT2D eigenvalue weighted by Gasteiger charge is -2.31. The lowest BCUT2D eigenvalue weighted by Crippen LogP contribution is -2.25. The van der Waals surface area contributed by atoms with Crippen LogP contribution in [0.15, 0.2) is 11.1 Å². The second-order valence-electron chi connectivity index (χ2n) is 5.88. The van der Waals surface area contributed by atoms with Gasteiger partial charge in [-0.2, -0.15) is 13.2 Å². The Labute approximate surface area is 118 Å². The van der Waals surface area contributed by atoms with E-state index >= 15 is 0 Å². The maximum absolute atomic E-state index is 13.2. The van der Waals surface area contributed by atoms with E-state index in [4.69, 9.17) is 11.6 Å². The van der Waals surface area contributed by atoms with E-state index in [-0.39, 0.29) is 23.3 Å². The van der Waals surface area contributed by atoms with E-state index in [9.17, 15) is 13.2 Å². The molecule has 4 heteroatoms. The monoisotopic (exact) mass is 294 g/mol. The maximum atomic E-state index is 13.2. The lowest BCUT2D eigenvalue weighted by atomic mass is 9.78. The molecule has 0 aromatic heterocycles. The zero-order valence-electron chi connectivity index (χ0n) is 11.2. The van der Waals surface area contributed by atoms with Gasteiger partial charge in [0.2, 0.25) is 0 Å². The van der Waals surface area contributed by atoms with Crippen molar-refractivity contribution in [3.8, 4) is 0 Å². The fraction of sp³-hybridized carbons (Fsp3) is 0.867. The summed E-state index contributed by atoms with van der Waals surface area (Å²) in [6.07, 6.45) is 4.38. The smallest absolute Gasteiger partial charge is 0.166 e. The Balaban J connectivity index is 2.21. The van der Waals surface area contributed by atoms with E-state index in [0.29, 0.717) is 18.4 Å². The summed E-state index contributed by atoms with van der Waals surface area (Å²) in [6, 6.07) is 0. The molecule has 0 amide bonds. The molecule has 0 aliphatic heterocycles. The van der Waals surface area contributed by atoms with Crippen molar-refractivity contribution in [2.75, 3.05) is 0 Å². The van der Waals surface area contributed by atoms with Gasteiger partial charge in [0.1, 0.15) is 0 Å². The predicted molar refractivity (Wildman–Crippen MR) is 72.4 cm³/mol. The minimum atomic E-state index is -4.16. The lowest BCUT2D eigenvalue weighted by molar-refractivity contribution is -0.0965. The molecule has 0 spiro atoms. The van der Waals surface area contributed by atoms with Crippen molar-refractivity contribution < 1.29 is 13.2 Å². The minimum absolute atomic E-state index is 0.105. The quantitative estimate of drug-likeness (QED) is 0.411. The van der Waals surface area contributed by atoms with Gasteiger partial charge in [-0.1, -0.05) is 37.7 Å². The SMILES string of the molecule is FC(F)(F)C1=C(C2CCCCCCC2)CC(Cl)CC1. The van der Waals surface area contributed by atoms with Crippen molar-refractivity contribution in [3.63, 3.8) is 0 Å². The largest absolute Gasteiger partial charge is 0.412 e. The maximum Gasteiger partial charge on any atom is 0.412 e. The second kappa shape index (κ2) is 6.51. The molecule has 1 saturated carbocycles. The van der Waals surface area contributed by atoms with Crippen LogP contribution in [0.4, 0.5) is 13.2 Å². The molecule has 0 bridgehead atoms. The van der Waals surface area contributed by atoms with Gasteiger partial charge in [-0.3, -0.25) is 0 Å². The Hall–Kier alpha value is -0.180. The van der Waals surface area contributed by atoms with Gasteiger partial charge in [-0.25, -0.2) is 0 Å². The summed E-state index contributed by atoms with van der Waals surface area (Å²) >= 11 is 6.12. The average molecular weight is 295 g/mol. The van der Waals surface area contributed by atoms with Crippen molar-refractivity contribution in [3.05, 3.63) is 11.1 Å². The normalized spacial score (nSPS) is 28.1. The molecule has 0 heterocycles. The molecule has 2 rings (SSSR count). The van der Waals surface area contributed by atoms with Crippen LogP contribution in [0.3, 0.4) is 0 Å². The predicted octanol–water partition coefficient (Wildman–Crippen LogP) is 6.00. The van der Waals surface area contributed by atoms with E-state index in [1.807, 2.05) is 0 Å². The highest BCUT2D eigenvalue weighted by atomic mass is 35.5. The molecular formula is C15H22ClF3. The van der Waals surface area contributed by atoms with Gasteiger partial charge in [-0.05, 0) is 38.0 Å². The van der Waals surface area contributed by atoms with Crippen LogP contribution in [0.1, 0.15) is 64.2 Å². The van der Waals surface area contributed by atoms with Crippen LogP contribution in [-0.2, 0) is 0 Å². The summed E-state index contributed by atoms with van der Waals surface area (Å²) in [5.41, 5.74) is 0.385. The zero-order chi connectivity index (χ0) is 13.9. The van der Waals surface area contributed by atoms with Crippen LogP contribution in [0.5, 0.6) is 0 Å². The number of halogens is 4. The highest BCUT2D eigenvalue weighted by Crippen LogP contribution is 2.44. The standard InChI is InChI=1S/C15H22ClF3/c16-12-8-9-14(15(17,18)19)13(10-12)11-6-4-2-1-3-5-7-11/h11-12H,1-10H2. The van der Waals surface area contributed by atoms with Crippen LogP contribution in [0, 0.1) is 5.92 Å². The number of allylic oxidation sites excluding steroid dienone is 2. The van der Waals surface area contributed by atoms with Crippen LogP contribution in [0.2, 0.25) is 0 Å². The molecule has 19 heavy (non-hydrogen) atoms. The van der Waals surface area contributed by atoms with Crippen LogP contribution >= 0.6 is 11.6 Å². The fourth-order valence-electron chi connectivity index (χ4n) is 3.47. The summed E-state index contributed by atoms with van der Waals surface area (Å²) in [5.74, 6) is 0.124. The highest BCUT2D eigenvalue weighted by Gasteiger charge is 2.40. The number of hydrogen-bond donors (Lipinski definition) is 0. The Kier molecular flexibility index (Phi) is 5.22. The van der Waals surface area contributed by atoms with Crippen molar-refractivity contribution in [1.29, 1.82) is 0 Å². The molecule has 0 nitrogen and oxygen atoms in total. The first-order chi connectivity index (χ1) is 8.98. The molecule has 110 valence electrons.